The summed E-state index contributed by atoms with van der Waals surface area (Å²) in [5.74, 6) is -0.508. The molecule has 85 heavy (non-hydrogen) atoms. The van der Waals surface area contributed by atoms with Crippen molar-refractivity contribution in [1.29, 1.82) is 0 Å². The Balaban J connectivity index is 5.10. The summed E-state index contributed by atoms with van der Waals surface area (Å²) < 4.78 is 30.8. The largest absolute Gasteiger partial charge is 0.472 e. The van der Waals surface area contributed by atoms with Gasteiger partial charge in [0.15, 0.2) is 0 Å². The molecule has 0 saturated heterocycles. The summed E-state index contributed by atoms with van der Waals surface area (Å²) in [6.45, 7) is 6.90. The predicted octanol–water partition coefficient (Wildman–Crippen LogP) is 22.7. The number of unbranched alkanes of at least 4 members (excludes halogenated alkanes) is 34. The van der Waals surface area contributed by atoms with Crippen LogP contribution in [0.5, 0.6) is 0 Å². The zero-order valence-electron chi connectivity index (χ0n) is 56.3. The highest BCUT2D eigenvalue weighted by atomic mass is 31.2. The molecule has 3 atom stereocenters. The molecule has 2 N–H and O–H groups in total. The van der Waals surface area contributed by atoms with Gasteiger partial charge in [-0.25, -0.2) is 4.57 Å². The van der Waals surface area contributed by atoms with Crippen molar-refractivity contribution < 1.29 is 37.3 Å². The van der Waals surface area contributed by atoms with Gasteiger partial charge in [0.1, 0.15) is 19.3 Å². The van der Waals surface area contributed by atoms with Crippen LogP contribution in [0.2, 0.25) is 0 Å². The van der Waals surface area contributed by atoms with E-state index < -0.39 is 20.0 Å². The molecule has 0 fully saturated rings. The number of nitrogens with one attached hydrogen (secondary N) is 1. The number of phosphoric ester groups is 1. The Hall–Kier alpha value is -3.07. The minimum absolute atomic E-state index is 0.0359. The van der Waals surface area contributed by atoms with Crippen molar-refractivity contribution in [2.75, 3.05) is 40.9 Å². The number of likely N-dealkylation sites (N-methyl/N-ethyl adjacent to an activating group) is 1. The number of phosphoric acid groups is 1. The first-order valence-electron chi connectivity index (χ1n) is 35.6. The number of hydrogen-bond acceptors (Lipinski definition) is 6. The molecule has 0 aromatic rings. The highest BCUT2D eigenvalue weighted by Crippen LogP contribution is 2.43. The molecule has 0 aliphatic heterocycles. The molecule has 0 saturated carbocycles. The smallest absolute Gasteiger partial charge is 0.456 e. The maximum atomic E-state index is 13.6. The lowest BCUT2D eigenvalue weighted by Gasteiger charge is -2.27. The summed E-state index contributed by atoms with van der Waals surface area (Å²) in [6.07, 6.45) is 87.0. The number of nitrogens with zero attached hydrogens (tertiary/aromatic N) is 1. The van der Waals surface area contributed by atoms with Crippen LogP contribution >= 0.6 is 7.82 Å². The summed E-state index contributed by atoms with van der Waals surface area (Å²) in [7, 11) is 1.49. The van der Waals surface area contributed by atoms with Crippen molar-refractivity contribution in [1.82, 2.24) is 5.32 Å². The van der Waals surface area contributed by atoms with Crippen molar-refractivity contribution in [2.24, 2.45) is 0 Å². The second-order valence-electron chi connectivity index (χ2n) is 25.0. The maximum Gasteiger partial charge on any atom is 0.472 e. The Morgan fingerprint density at radius 3 is 1.15 bits per heavy atom. The van der Waals surface area contributed by atoms with Crippen LogP contribution in [0, 0.1) is 0 Å². The zero-order chi connectivity index (χ0) is 62.1. The van der Waals surface area contributed by atoms with Gasteiger partial charge in [-0.3, -0.25) is 18.6 Å². The van der Waals surface area contributed by atoms with Crippen molar-refractivity contribution in [2.45, 2.75) is 328 Å². The van der Waals surface area contributed by atoms with E-state index in [4.69, 9.17) is 13.8 Å². The lowest BCUT2D eigenvalue weighted by Crippen LogP contribution is -2.47. The first-order valence-corrected chi connectivity index (χ1v) is 37.1. The van der Waals surface area contributed by atoms with E-state index in [-0.39, 0.29) is 31.5 Å². The van der Waals surface area contributed by atoms with Crippen molar-refractivity contribution in [3.8, 4) is 0 Å². The fraction of sp³-hybridized carbons (Fsp3) is 0.760. The van der Waals surface area contributed by atoms with Gasteiger partial charge in [0.05, 0.1) is 33.8 Å². The first-order chi connectivity index (χ1) is 41.4. The average molecular weight is 1210 g/mol. The van der Waals surface area contributed by atoms with Gasteiger partial charge >= 0.3 is 13.8 Å². The van der Waals surface area contributed by atoms with Gasteiger partial charge in [0.25, 0.3) is 0 Å². The van der Waals surface area contributed by atoms with E-state index >= 15 is 0 Å². The molecular weight excluding hydrogens is 1070 g/mol. The van der Waals surface area contributed by atoms with Gasteiger partial charge < -0.3 is 19.4 Å². The van der Waals surface area contributed by atoms with Gasteiger partial charge in [0, 0.05) is 12.8 Å². The van der Waals surface area contributed by atoms with Crippen LogP contribution < -0.4 is 5.32 Å². The van der Waals surface area contributed by atoms with Gasteiger partial charge in [-0.2, -0.15) is 0 Å². The molecule has 492 valence electrons. The third-order valence-electron chi connectivity index (χ3n) is 15.5. The maximum absolute atomic E-state index is 13.6. The number of allylic oxidation sites excluding steroid dienone is 15. The number of amides is 1. The number of rotatable bonds is 64. The summed E-state index contributed by atoms with van der Waals surface area (Å²) >= 11 is 0. The molecule has 0 rings (SSSR count). The molecule has 0 bridgehead atoms. The summed E-state index contributed by atoms with van der Waals surface area (Å²) in [5.41, 5.74) is 0. The molecule has 1 amide bonds. The topological polar surface area (TPSA) is 111 Å². The fourth-order valence-electron chi connectivity index (χ4n) is 10.1. The second kappa shape index (κ2) is 63.9. The van der Waals surface area contributed by atoms with Crippen molar-refractivity contribution in [3.63, 3.8) is 0 Å². The van der Waals surface area contributed by atoms with E-state index in [0.717, 1.165) is 103 Å². The van der Waals surface area contributed by atoms with Gasteiger partial charge in [-0.15, -0.1) is 0 Å². The van der Waals surface area contributed by atoms with E-state index in [1.54, 1.807) is 0 Å². The summed E-state index contributed by atoms with van der Waals surface area (Å²) in [4.78, 5) is 37.9. The second-order valence-corrected chi connectivity index (χ2v) is 26.5. The Labute approximate surface area is 526 Å². The molecule has 0 aromatic heterocycles. The molecular formula is C75H136N2O7P+. The number of hydrogen-bond donors (Lipinski definition) is 2. The van der Waals surface area contributed by atoms with Gasteiger partial charge in [-0.1, -0.05) is 292 Å². The molecule has 0 spiro atoms. The van der Waals surface area contributed by atoms with Crippen LogP contribution in [-0.4, -0.2) is 74.3 Å². The highest BCUT2D eigenvalue weighted by Gasteiger charge is 2.30. The normalized spacial score (nSPS) is 14.1. The van der Waals surface area contributed by atoms with Crippen LogP contribution in [-0.2, 0) is 27.9 Å². The predicted molar refractivity (Wildman–Crippen MR) is 369 cm³/mol. The molecule has 9 nitrogen and oxygen atoms in total. The van der Waals surface area contributed by atoms with Gasteiger partial charge in [0.2, 0.25) is 5.91 Å². The van der Waals surface area contributed by atoms with Gasteiger partial charge in [-0.05, 0) is 109 Å². The Morgan fingerprint density at radius 1 is 0.424 bits per heavy atom. The molecule has 0 heterocycles. The van der Waals surface area contributed by atoms with E-state index in [1.807, 2.05) is 33.3 Å². The quantitative estimate of drug-likeness (QED) is 0.0205. The van der Waals surface area contributed by atoms with Crippen LogP contribution in [0.4, 0.5) is 0 Å². The zero-order valence-corrected chi connectivity index (χ0v) is 57.2. The Bertz CT molecular complexity index is 1780. The number of carbonyl (C=O) groups is 2. The molecule has 0 radical (unpaired) electrons. The molecule has 10 heteroatoms. The molecule has 0 aliphatic carbocycles. The number of carbonyl (C=O) groups excluding carboxylic acids is 2. The third-order valence-corrected chi connectivity index (χ3v) is 16.5. The summed E-state index contributed by atoms with van der Waals surface area (Å²) in [6, 6.07) is -0.857. The third kappa shape index (κ3) is 65.2. The van der Waals surface area contributed by atoms with Crippen LogP contribution in [0.25, 0.3) is 0 Å². The van der Waals surface area contributed by atoms with E-state index in [1.165, 1.54) is 180 Å². The lowest BCUT2D eigenvalue weighted by atomic mass is 10.0. The Kier molecular flexibility index (Phi) is 61.6. The first kappa shape index (κ1) is 81.9. The average Bonchev–Trinajstić information content (AvgIpc) is 3.50. The highest BCUT2D eigenvalue weighted by molar-refractivity contribution is 7.47. The minimum Gasteiger partial charge on any atom is -0.456 e. The number of esters is 1. The molecule has 3 unspecified atom stereocenters. The Morgan fingerprint density at radius 2 is 0.753 bits per heavy atom. The van der Waals surface area contributed by atoms with E-state index in [2.05, 4.69) is 111 Å². The van der Waals surface area contributed by atoms with Crippen LogP contribution in [0.15, 0.2) is 97.2 Å². The minimum atomic E-state index is -4.46. The lowest BCUT2D eigenvalue weighted by molar-refractivity contribution is -0.870. The summed E-state index contributed by atoms with van der Waals surface area (Å²) in [5, 5.41) is 3.07. The molecule has 0 aliphatic rings. The van der Waals surface area contributed by atoms with Crippen molar-refractivity contribution >= 4 is 19.7 Å². The van der Waals surface area contributed by atoms with Crippen molar-refractivity contribution in [3.05, 3.63) is 97.2 Å². The molecule has 0 aromatic carbocycles. The number of quaternary nitrogens is 1. The van der Waals surface area contributed by atoms with Crippen LogP contribution in [0.3, 0.4) is 0 Å². The SMILES string of the molecule is CC/C=C\C/C=C\C/C=C\C/C=C\C/C=C\CCCCCCCCCCCCCC(=O)OC(/C=C\CCCCCCCCCCCCC)C(COP(=O)(O)OCC[N+](C)(C)C)NC(=O)CCCCCCCCCCC/C=C\C/C=C\CCCCC. The monoisotopic (exact) mass is 1210 g/mol. The van der Waals surface area contributed by atoms with E-state index in [9.17, 15) is 19.0 Å². The van der Waals surface area contributed by atoms with Crippen LogP contribution in [0.1, 0.15) is 316 Å². The number of ether oxygens (including phenoxy) is 1. The standard InChI is InChI=1S/C75H135N2O7P/c1-7-10-13-16-19-22-25-28-30-32-34-35-36-37-38-39-40-41-43-45-47-50-53-56-59-62-65-68-75(79)84-73(66-63-60-57-54-51-48-27-24-21-18-15-12-9-3)72(71-83-85(80,81)82-70-69-77(4,5)6)76-74(78)67-64-61-58-55-52-49-46-44-42-33-31-29-26-23-20-17-14-11-8-2/h10,13,19-20,22-23,28-31,34-35,37-38,63,66,72-73H,7-9,11-12,14-18,21,24-27,32-33,36,39-62,64-65,67-71H2,1-6H3,(H-,76,78,80,81)/p+1/b13-10-,22-19-,23-20-,30-28-,31-29-,35-34-,38-37-,66-63-. The fourth-order valence-corrected chi connectivity index (χ4v) is 10.8. The van der Waals surface area contributed by atoms with E-state index in [0.29, 0.717) is 17.4 Å².